The monoisotopic (exact) mass is 285 g/mol. The summed E-state index contributed by atoms with van der Waals surface area (Å²) < 4.78 is 0.622. The molecule has 0 aliphatic rings. The van der Waals surface area contributed by atoms with Crippen LogP contribution in [0.3, 0.4) is 0 Å². The largest absolute Gasteiger partial charge is 0.478 e. The maximum Gasteiger partial charge on any atom is 0.336 e. The van der Waals surface area contributed by atoms with Crippen LogP contribution in [-0.2, 0) is 0 Å². The van der Waals surface area contributed by atoms with Crippen molar-refractivity contribution in [1.29, 1.82) is 0 Å². The number of aromatic carboxylic acids is 1. The van der Waals surface area contributed by atoms with E-state index < -0.39 is 5.97 Å². The molecule has 1 aromatic rings. The predicted octanol–water partition coefficient (Wildman–Crippen LogP) is 3.38. The zero-order chi connectivity index (χ0) is 12.3. The molecule has 4 heteroatoms. The van der Waals surface area contributed by atoms with Gasteiger partial charge in [-0.25, -0.2) is 4.79 Å². The van der Waals surface area contributed by atoms with Crippen LogP contribution in [0.25, 0.3) is 0 Å². The minimum Gasteiger partial charge on any atom is -0.478 e. The van der Waals surface area contributed by atoms with E-state index in [-0.39, 0.29) is 0 Å². The van der Waals surface area contributed by atoms with E-state index >= 15 is 0 Å². The first kappa shape index (κ1) is 13.0. The van der Waals surface area contributed by atoms with Crippen LogP contribution in [0.1, 0.15) is 31.1 Å². The van der Waals surface area contributed by atoms with Crippen LogP contribution in [0, 0.1) is 0 Å². The van der Waals surface area contributed by atoms with Gasteiger partial charge in [0.15, 0.2) is 0 Å². The summed E-state index contributed by atoms with van der Waals surface area (Å²) in [6.45, 7) is 7.21. The molecule has 0 heterocycles. The van der Waals surface area contributed by atoms with Gasteiger partial charge in [-0.3, -0.25) is 0 Å². The van der Waals surface area contributed by atoms with Crippen LogP contribution in [0.5, 0.6) is 0 Å². The fraction of sp³-hybridized carbons (Fsp3) is 0.417. The van der Waals surface area contributed by atoms with Gasteiger partial charge in [0.2, 0.25) is 0 Å². The summed E-state index contributed by atoms with van der Waals surface area (Å²) in [7, 11) is 0. The van der Waals surface area contributed by atoms with Crippen LogP contribution in [0.15, 0.2) is 22.7 Å². The topological polar surface area (TPSA) is 40.5 Å². The molecule has 0 saturated heterocycles. The number of carboxylic acid groups (broad SMARTS) is 1. The highest BCUT2D eigenvalue weighted by Crippen LogP contribution is 2.25. The molecule has 88 valence electrons. The van der Waals surface area contributed by atoms with Crippen molar-refractivity contribution in [2.24, 2.45) is 0 Å². The minimum atomic E-state index is -0.911. The number of benzene rings is 1. The normalized spacial score (nSPS) is 10.6. The summed E-state index contributed by atoms with van der Waals surface area (Å²) >= 11 is 3.29. The molecule has 0 fully saturated rings. The minimum absolute atomic E-state index is 0.295. The van der Waals surface area contributed by atoms with Crippen LogP contribution >= 0.6 is 15.9 Å². The molecule has 1 N–H and O–H groups in total. The Labute approximate surface area is 104 Å². The lowest BCUT2D eigenvalue weighted by Crippen LogP contribution is -2.30. The summed E-state index contributed by atoms with van der Waals surface area (Å²) in [5.41, 5.74) is 1.33. The average molecular weight is 286 g/mol. The molecular formula is C12H16BrNO2. The third-order valence-electron chi connectivity index (χ3n) is 2.48. The molecule has 16 heavy (non-hydrogen) atoms. The van der Waals surface area contributed by atoms with Gasteiger partial charge in [-0.1, -0.05) is 0 Å². The summed E-state index contributed by atoms with van der Waals surface area (Å²) in [4.78, 5) is 13.1. The Hall–Kier alpha value is -1.03. The standard InChI is InChI=1S/C12H16BrNO2/c1-4-14(8(2)3)9-5-6-10(12(15)16)11(13)7-9/h5-8H,4H2,1-3H3,(H,15,16). The van der Waals surface area contributed by atoms with Crippen molar-refractivity contribution < 1.29 is 9.90 Å². The fourth-order valence-corrected chi connectivity index (χ4v) is 2.24. The zero-order valence-corrected chi connectivity index (χ0v) is 11.3. The Kier molecular flexibility index (Phi) is 4.35. The molecule has 0 aromatic heterocycles. The summed E-state index contributed by atoms with van der Waals surface area (Å²) in [6.07, 6.45) is 0. The van der Waals surface area contributed by atoms with E-state index in [1.807, 2.05) is 12.1 Å². The highest BCUT2D eigenvalue weighted by molar-refractivity contribution is 9.10. The van der Waals surface area contributed by atoms with Gasteiger partial charge in [-0.2, -0.15) is 0 Å². The van der Waals surface area contributed by atoms with Crippen molar-refractivity contribution in [3.05, 3.63) is 28.2 Å². The van der Waals surface area contributed by atoms with E-state index in [4.69, 9.17) is 5.11 Å². The third-order valence-corrected chi connectivity index (χ3v) is 3.13. The number of carboxylic acids is 1. The number of halogens is 1. The summed E-state index contributed by atoms with van der Waals surface area (Å²) in [5, 5.41) is 8.92. The van der Waals surface area contributed by atoms with E-state index in [0.717, 1.165) is 12.2 Å². The van der Waals surface area contributed by atoms with E-state index in [1.54, 1.807) is 6.07 Å². The second-order valence-corrected chi connectivity index (χ2v) is 4.70. The zero-order valence-electron chi connectivity index (χ0n) is 9.70. The Bertz CT molecular complexity index is 391. The van der Waals surface area contributed by atoms with Gasteiger partial charge in [-0.05, 0) is 54.9 Å². The maximum absolute atomic E-state index is 10.9. The maximum atomic E-state index is 10.9. The molecule has 0 atom stereocenters. The molecule has 3 nitrogen and oxygen atoms in total. The number of rotatable bonds is 4. The summed E-state index contributed by atoms with van der Waals surface area (Å²) in [5.74, 6) is -0.911. The van der Waals surface area contributed by atoms with Crippen molar-refractivity contribution in [2.75, 3.05) is 11.4 Å². The van der Waals surface area contributed by atoms with E-state index in [2.05, 4.69) is 41.6 Å². The smallest absolute Gasteiger partial charge is 0.336 e. The highest BCUT2D eigenvalue weighted by atomic mass is 79.9. The Morgan fingerprint density at radius 1 is 1.50 bits per heavy atom. The fourth-order valence-electron chi connectivity index (χ4n) is 1.70. The lowest BCUT2D eigenvalue weighted by Gasteiger charge is -2.27. The van der Waals surface area contributed by atoms with Crippen LogP contribution < -0.4 is 4.90 Å². The molecule has 0 aliphatic heterocycles. The lowest BCUT2D eigenvalue weighted by molar-refractivity contribution is 0.0696. The van der Waals surface area contributed by atoms with E-state index in [9.17, 15) is 4.79 Å². The molecule has 0 bridgehead atoms. The molecule has 0 unspecified atom stereocenters. The lowest BCUT2D eigenvalue weighted by atomic mass is 10.1. The second kappa shape index (κ2) is 5.34. The van der Waals surface area contributed by atoms with Crippen molar-refractivity contribution in [3.8, 4) is 0 Å². The first-order valence-electron chi connectivity index (χ1n) is 5.26. The number of hydrogen-bond donors (Lipinski definition) is 1. The SMILES string of the molecule is CCN(c1ccc(C(=O)O)c(Br)c1)C(C)C. The van der Waals surface area contributed by atoms with E-state index in [1.165, 1.54) is 0 Å². The Balaban J connectivity index is 3.09. The number of anilines is 1. The molecule has 0 radical (unpaired) electrons. The van der Waals surface area contributed by atoms with Gasteiger partial charge in [0.05, 0.1) is 5.56 Å². The van der Waals surface area contributed by atoms with Gasteiger partial charge in [0, 0.05) is 22.7 Å². The molecule has 1 aromatic carbocycles. The van der Waals surface area contributed by atoms with Gasteiger partial charge in [-0.15, -0.1) is 0 Å². The van der Waals surface area contributed by atoms with Crippen molar-refractivity contribution in [3.63, 3.8) is 0 Å². The molecule has 1 rings (SSSR count). The second-order valence-electron chi connectivity index (χ2n) is 3.85. The van der Waals surface area contributed by atoms with Gasteiger partial charge in [0.25, 0.3) is 0 Å². The van der Waals surface area contributed by atoms with Gasteiger partial charge >= 0.3 is 5.97 Å². The first-order chi connectivity index (χ1) is 7.47. The highest BCUT2D eigenvalue weighted by Gasteiger charge is 2.12. The molecule has 0 aliphatic carbocycles. The average Bonchev–Trinajstić information content (AvgIpc) is 2.17. The number of nitrogens with zero attached hydrogens (tertiary/aromatic N) is 1. The van der Waals surface area contributed by atoms with Crippen molar-refractivity contribution >= 4 is 27.6 Å². The summed E-state index contributed by atoms with van der Waals surface area (Å²) in [6, 6.07) is 5.73. The molecule has 0 saturated carbocycles. The van der Waals surface area contributed by atoms with Gasteiger partial charge < -0.3 is 10.0 Å². The van der Waals surface area contributed by atoms with Crippen molar-refractivity contribution in [2.45, 2.75) is 26.8 Å². The van der Waals surface area contributed by atoms with Crippen LogP contribution in [0.2, 0.25) is 0 Å². The molecule has 0 spiro atoms. The number of carbonyl (C=O) groups is 1. The predicted molar refractivity (Wildman–Crippen MR) is 69.3 cm³/mol. The van der Waals surface area contributed by atoms with Crippen LogP contribution in [-0.4, -0.2) is 23.7 Å². The van der Waals surface area contributed by atoms with Gasteiger partial charge in [0.1, 0.15) is 0 Å². The van der Waals surface area contributed by atoms with Crippen molar-refractivity contribution in [1.82, 2.24) is 0 Å². The molecular weight excluding hydrogens is 270 g/mol. The van der Waals surface area contributed by atoms with E-state index in [0.29, 0.717) is 16.1 Å². The Morgan fingerprint density at radius 3 is 2.50 bits per heavy atom. The van der Waals surface area contributed by atoms with Crippen LogP contribution in [0.4, 0.5) is 5.69 Å². The Morgan fingerprint density at radius 2 is 2.12 bits per heavy atom. The quantitative estimate of drug-likeness (QED) is 0.922. The first-order valence-corrected chi connectivity index (χ1v) is 6.06. The molecule has 0 amide bonds. The number of hydrogen-bond acceptors (Lipinski definition) is 2. The third kappa shape index (κ3) is 2.76.